The van der Waals surface area contributed by atoms with E-state index in [9.17, 15) is 0 Å². The normalized spacial score (nSPS) is 12.3. The summed E-state index contributed by atoms with van der Waals surface area (Å²) in [6.45, 7) is 2.05. The molecule has 118 valence electrons. The predicted octanol–water partition coefficient (Wildman–Crippen LogP) is 6.04. The number of hydrogen-bond donors (Lipinski definition) is 0. The quantitative estimate of drug-likeness (QED) is 0.553. The maximum Gasteiger partial charge on any atom is 0.247 e. The van der Waals surface area contributed by atoms with Gasteiger partial charge in [0.15, 0.2) is 0 Å². The molecule has 0 aliphatic carbocycles. The number of thioether (sulfide) groups is 1. The molecule has 0 N–H and O–H groups in total. The second-order valence-electron chi connectivity index (χ2n) is 5.04. The van der Waals surface area contributed by atoms with Crippen LogP contribution < -0.4 is 0 Å². The summed E-state index contributed by atoms with van der Waals surface area (Å²) in [5.41, 5.74) is 2.03. The summed E-state index contributed by atoms with van der Waals surface area (Å²) in [7, 11) is 0. The van der Waals surface area contributed by atoms with E-state index in [0.717, 1.165) is 16.3 Å². The Morgan fingerprint density at radius 1 is 1.04 bits per heavy atom. The van der Waals surface area contributed by atoms with Crippen molar-refractivity contribution in [2.45, 2.75) is 17.9 Å². The van der Waals surface area contributed by atoms with Crippen LogP contribution in [0.2, 0.25) is 10.0 Å². The molecule has 3 aromatic rings. The van der Waals surface area contributed by atoms with Gasteiger partial charge in [-0.1, -0.05) is 41.4 Å². The molecule has 1 aromatic heterocycles. The molecule has 2 aromatic carbocycles. The summed E-state index contributed by atoms with van der Waals surface area (Å²) in [4.78, 5) is 0. The summed E-state index contributed by atoms with van der Waals surface area (Å²) >= 11 is 13.6. The van der Waals surface area contributed by atoms with E-state index < -0.39 is 0 Å². The molecule has 6 heteroatoms. The molecule has 0 amide bonds. The Morgan fingerprint density at radius 2 is 1.83 bits per heavy atom. The number of benzene rings is 2. The fourth-order valence-electron chi connectivity index (χ4n) is 2.01. The molecule has 23 heavy (non-hydrogen) atoms. The van der Waals surface area contributed by atoms with Crippen molar-refractivity contribution in [3.05, 3.63) is 70.0 Å². The first-order chi connectivity index (χ1) is 11.1. The third kappa shape index (κ3) is 4.28. The first-order valence-corrected chi connectivity index (χ1v) is 8.87. The van der Waals surface area contributed by atoms with Gasteiger partial charge in [-0.25, -0.2) is 0 Å². The van der Waals surface area contributed by atoms with Crippen LogP contribution in [-0.2, 0) is 5.75 Å². The molecule has 1 atom stereocenters. The molecule has 0 saturated carbocycles. The minimum absolute atomic E-state index is 0.103. The van der Waals surface area contributed by atoms with E-state index >= 15 is 0 Å². The van der Waals surface area contributed by atoms with E-state index in [2.05, 4.69) is 17.1 Å². The monoisotopic (exact) mass is 364 g/mol. The van der Waals surface area contributed by atoms with Crippen molar-refractivity contribution >= 4 is 35.0 Å². The minimum atomic E-state index is 0.103. The van der Waals surface area contributed by atoms with Crippen LogP contribution in [0.5, 0.6) is 0 Å². The molecule has 0 radical (unpaired) electrons. The van der Waals surface area contributed by atoms with Crippen molar-refractivity contribution in [3.63, 3.8) is 0 Å². The van der Waals surface area contributed by atoms with Gasteiger partial charge >= 0.3 is 0 Å². The van der Waals surface area contributed by atoms with Crippen molar-refractivity contribution in [3.8, 4) is 11.5 Å². The van der Waals surface area contributed by atoms with Crippen LogP contribution >= 0.6 is 35.0 Å². The minimum Gasteiger partial charge on any atom is -0.420 e. The molecule has 3 rings (SSSR count). The second kappa shape index (κ2) is 7.39. The topological polar surface area (TPSA) is 38.9 Å². The van der Waals surface area contributed by atoms with Gasteiger partial charge in [0.1, 0.15) is 0 Å². The lowest BCUT2D eigenvalue weighted by molar-refractivity contribution is 0.509. The molecule has 0 fully saturated rings. The maximum atomic E-state index is 5.99. The standard InChI is InChI=1S/C17H14Cl2N2OS/c1-11(23-10-12-5-7-14(18)8-6-12)16-20-21-17(22-16)13-3-2-4-15(19)9-13/h2-9,11H,10H2,1H3/t11-/m0/s1. The van der Waals surface area contributed by atoms with E-state index in [4.69, 9.17) is 27.6 Å². The number of nitrogens with zero attached hydrogens (tertiary/aromatic N) is 2. The van der Waals surface area contributed by atoms with E-state index in [1.165, 1.54) is 5.56 Å². The highest BCUT2D eigenvalue weighted by molar-refractivity contribution is 7.98. The van der Waals surface area contributed by atoms with Crippen molar-refractivity contribution < 1.29 is 4.42 Å². The Hall–Kier alpha value is -1.49. The summed E-state index contributed by atoms with van der Waals surface area (Å²) in [5.74, 6) is 1.95. The predicted molar refractivity (Wildman–Crippen MR) is 95.9 cm³/mol. The largest absolute Gasteiger partial charge is 0.420 e. The zero-order valence-corrected chi connectivity index (χ0v) is 14.7. The van der Waals surface area contributed by atoms with Crippen LogP contribution in [0, 0.1) is 0 Å². The molecular formula is C17H14Cl2N2OS. The maximum absolute atomic E-state index is 5.99. The van der Waals surface area contributed by atoms with Crippen LogP contribution in [0.3, 0.4) is 0 Å². The Bertz CT molecular complexity index is 789. The number of hydrogen-bond acceptors (Lipinski definition) is 4. The van der Waals surface area contributed by atoms with Gasteiger partial charge in [0.25, 0.3) is 0 Å². The summed E-state index contributed by atoms with van der Waals surface area (Å²) in [6, 6.07) is 15.2. The van der Waals surface area contributed by atoms with E-state index in [1.807, 2.05) is 48.5 Å². The van der Waals surface area contributed by atoms with Gasteiger partial charge in [-0.05, 0) is 42.8 Å². The van der Waals surface area contributed by atoms with Gasteiger partial charge < -0.3 is 4.42 Å². The fourth-order valence-corrected chi connectivity index (χ4v) is 3.20. The van der Waals surface area contributed by atoms with E-state index in [-0.39, 0.29) is 5.25 Å². The van der Waals surface area contributed by atoms with Crippen molar-refractivity contribution in [1.29, 1.82) is 0 Å². The zero-order valence-electron chi connectivity index (χ0n) is 12.4. The third-order valence-corrected chi connectivity index (χ3v) is 4.96. The highest BCUT2D eigenvalue weighted by Gasteiger charge is 2.15. The lowest BCUT2D eigenvalue weighted by Gasteiger charge is -2.06. The fraction of sp³-hybridized carbons (Fsp3) is 0.176. The SMILES string of the molecule is C[C@H](SCc1ccc(Cl)cc1)c1nnc(-c2cccc(Cl)c2)o1. The molecule has 0 unspecified atom stereocenters. The number of aromatic nitrogens is 2. The van der Waals surface area contributed by atoms with Gasteiger partial charge in [0.2, 0.25) is 11.8 Å². The zero-order chi connectivity index (χ0) is 16.2. The Kier molecular flexibility index (Phi) is 5.26. The average Bonchev–Trinajstić information content (AvgIpc) is 3.04. The van der Waals surface area contributed by atoms with Gasteiger partial charge in [0, 0.05) is 21.4 Å². The van der Waals surface area contributed by atoms with E-state index in [1.54, 1.807) is 11.8 Å². The molecule has 0 bridgehead atoms. The van der Waals surface area contributed by atoms with Gasteiger partial charge in [-0.3, -0.25) is 0 Å². The summed E-state index contributed by atoms with van der Waals surface area (Å²) in [6.07, 6.45) is 0. The highest BCUT2D eigenvalue weighted by Crippen LogP contribution is 2.32. The summed E-state index contributed by atoms with van der Waals surface area (Å²) in [5, 5.41) is 9.75. The van der Waals surface area contributed by atoms with E-state index in [0.29, 0.717) is 16.8 Å². The third-order valence-electron chi connectivity index (χ3n) is 3.27. The van der Waals surface area contributed by atoms with Crippen molar-refractivity contribution in [2.24, 2.45) is 0 Å². The Morgan fingerprint density at radius 3 is 2.57 bits per heavy atom. The molecule has 1 heterocycles. The van der Waals surface area contributed by atoms with Gasteiger partial charge in [-0.15, -0.1) is 22.0 Å². The highest BCUT2D eigenvalue weighted by atomic mass is 35.5. The molecule has 0 saturated heterocycles. The number of rotatable bonds is 5. The van der Waals surface area contributed by atoms with Crippen LogP contribution in [-0.4, -0.2) is 10.2 Å². The van der Waals surface area contributed by atoms with Crippen molar-refractivity contribution in [1.82, 2.24) is 10.2 Å². The summed E-state index contributed by atoms with van der Waals surface area (Å²) < 4.78 is 5.77. The van der Waals surface area contributed by atoms with Crippen LogP contribution in [0.1, 0.15) is 23.6 Å². The van der Waals surface area contributed by atoms with Crippen LogP contribution in [0.25, 0.3) is 11.5 Å². The lowest BCUT2D eigenvalue weighted by atomic mass is 10.2. The first-order valence-electron chi connectivity index (χ1n) is 7.07. The van der Waals surface area contributed by atoms with Gasteiger partial charge in [-0.2, -0.15) is 0 Å². The smallest absolute Gasteiger partial charge is 0.247 e. The lowest BCUT2D eigenvalue weighted by Crippen LogP contribution is -1.90. The Balaban J connectivity index is 1.66. The molecular weight excluding hydrogens is 351 g/mol. The first kappa shape index (κ1) is 16.4. The molecule has 0 aliphatic heterocycles. The second-order valence-corrected chi connectivity index (χ2v) is 7.24. The van der Waals surface area contributed by atoms with Crippen molar-refractivity contribution in [2.75, 3.05) is 0 Å². The van der Waals surface area contributed by atoms with Crippen LogP contribution in [0.15, 0.2) is 52.9 Å². The van der Waals surface area contributed by atoms with Gasteiger partial charge in [0.05, 0.1) is 5.25 Å². The molecule has 0 aliphatic rings. The molecule has 3 nitrogen and oxygen atoms in total. The van der Waals surface area contributed by atoms with Crippen LogP contribution in [0.4, 0.5) is 0 Å². The molecule has 0 spiro atoms. The average molecular weight is 365 g/mol. The Labute approximate surface area is 149 Å². The number of halogens is 2.